The lowest BCUT2D eigenvalue weighted by Gasteiger charge is -2.31. The number of halogens is 1. The average molecular weight is 293 g/mol. The summed E-state index contributed by atoms with van der Waals surface area (Å²) in [6.07, 6.45) is 3.00. The van der Waals surface area contributed by atoms with Crippen LogP contribution >= 0.6 is 11.6 Å². The third-order valence-corrected chi connectivity index (χ3v) is 4.98. The van der Waals surface area contributed by atoms with E-state index >= 15 is 0 Å². The van der Waals surface area contributed by atoms with Crippen LogP contribution in [0, 0.1) is 5.92 Å². The number of piperidine rings is 1. The topological polar surface area (TPSA) is 41.1 Å². The molecule has 0 spiro atoms. The molecule has 108 valence electrons. The van der Waals surface area contributed by atoms with Gasteiger partial charge < -0.3 is 10.6 Å². The number of rotatable bonds is 3. The van der Waals surface area contributed by atoms with Gasteiger partial charge >= 0.3 is 0 Å². The predicted molar refractivity (Wildman–Crippen MR) is 80.9 cm³/mol. The second-order valence-corrected chi connectivity index (χ2v) is 6.58. The van der Waals surface area contributed by atoms with E-state index < -0.39 is 0 Å². The van der Waals surface area contributed by atoms with E-state index in [4.69, 9.17) is 11.6 Å². The number of nitrogens with one attached hydrogen (secondary N) is 2. The zero-order chi connectivity index (χ0) is 14.2. The maximum Gasteiger partial charge on any atom is 0.230 e. The summed E-state index contributed by atoms with van der Waals surface area (Å²) in [6.45, 7) is 4.15. The van der Waals surface area contributed by atoms with Gasteiger partial charge in [0.15, 0.2) is 0 Å². The molecule has 0 bridgehead atoms. The van der Waals surface area contributed by atoms with Gasteiger partial charge in [-0.05, 0) is 49.4 Å². The molecule has 2 atom stereocenters. The minimum Gasteiger partial charge on any atom is -0.351 e. The van der Waals surface area contributed by atoms with Gasteiger partial charge in [-0.1, -0.05) is 30.7 Å². The Balaban J connectivity index is 1.71. The Morgan fingerprint density at radius 3 is 2.65 bits per heavy atom. The van der Waals surface area contributed by atoms with Crippen molar-refractivity contribution in [2.45, 2.75) is 37.6 Å². The molecule has 2 unspecified atom stereocenters. The summed E-state index contributed by atoms with van der Waals surface area (Å²) in [5.41, 5.74) is 0.790. The van der Waals surface area contributed by atoms with Crippen LogP contribution in [0.25, 0.3) is 0 Å². The molecule has 1 aliphatic carbocycles. The van der Waals surface area contributed by atoms with Crippen molar-refractivity contribution in [2.75, 3.05) is 13.1 Å². The highest BCUT2D eigenvalue weighted by Gasteiger charge is 2.51. The Bertz CT molecular complexity index is 496. The summed E-state index contributed by atoms with van der Waals surface area (Å²) in [7, 11) is 0. The van der Waals surface area contributed by atoms with Crippen molar-refractivity contribution in [1.29, 1.82) is 0 Å². The number of carbonyl (C=O) groups excluding carboxylic acids is 1. The molecule has 1 saturated carbocycles. The Morgan fingerprint density at radius 1 is 1.35 bits per heavy atom. The lowest BCUT2D eigenvalue weighted by molar-refractivity contribution is -0.124. The van der Waals surface area contributed by atoms with E-state index in [-0.39, 0.29) is 17.4 Å². The highest BCUT2D eigenvalue weighted by molar-refractivity contribution is 6.30. The normalized spacial score (nSPS) is 27.9. The first-order valence-electron chi connectivity index (χ1n) is 7.39. The zero-order valence-corrected chi connectivity index (χ0v) is 12.5. The molecule has 1 aliphatic heterocycles. The number of benzene rings is 1. The quantitative estimate of drug-likeness (QED) is 0.899. The monoisotopic (exact) mass is 292 g/mol. The molecule has 1 aromatic carbocycles. The van der Waals surface area contributed by atoms with Crippen molar-refractivity contribution >= 4 is 17.5 Å². The molecule has 1 heterocycles. The summed E-state index contributed by atoms with van der Waals surface area (Å²) in [5, 5.41) is 7.33. The molecule has 1 aromatic rings. The Hall–Kier alpha value is -1.06. The number of hydrogen-bond donors (Lipinski definition) is 2. The summed E-state index contributed by atoms with van der Waals surface area (Å²) in [4.78, 5) is 12.7. The van der Waals surface area contributed by atoms with Gasteiger partial charge in [-0.2, -0.15) is 0 Å². The standard InChI is InChI=1S/C16H21ClN2O/c1-11-6-9-18-10-14(11)19-15(20)16(7-8-16)12-2-4-13(17)5-3-12/h2-5,11,14,18H,6-10H2,1H3,(H,19,20). The van der Waals surface area contributed by atoms with Gasteiger partial charge in [-0.15, -0.1) is 0 Å². The second-order valence-electron chi connectivity index (χ2n) is 6.14. The van der Waals surface area contributed by atoms with Crippen LogP contribution in [0.3, 0.4) is 0 Å². The molecule has 0 aromatic heterocycles. The fourth-order valence-electron chi connectivity index (χ4n) is 3.03. The van der Waals surface area contributed by atoms with E-state index in [9.17, 15) is 4.79 Å². The van der Waals surface area contributed by atoms with Gasteiger partial charge in [-0.25, -0.2) is 0 Å². The second kappa shape index (κ2) is 5.38. The van der Waals surface area contributed by atoms with Crippen LogP contribution in [0.15, 0.2) is 24.3 Å². The lowest BCUT2D eigenvalue weighted by Crippen LogP contribution is -2.52. The molecular weight excluding hydrogens is 272 g/mol. The first kappa shape index (κ1) is 13.9. The maximum absolute atomic E-state index is 12.7. The molecule has 2 aliphatic rings. The van der Waals surface area contributed by atoms with Crippen LogP contribution in [0.4, 0.5) is 0 Å². The van der Waals surface area contributed by atoms with Crippen LogP contribution in [-0.4, -0.2) is 25.0 Å². The van der Waals surface area contributed by atoms with Crippen molar-refractivity contribution < 1.29 is 4.79 Å². The van der Waals surface area contributed by atoms with Crippen LogP contribution in [0.5, 0.6) is 0 Å². The molecule has 1 amide bonds. The van der Waals surface area contributed by atoms with Gasteiger partial charge in [0.25, 0.3) is 0 Å². The number of amides is 1. The molecule has 2 fully saturated rings. The van der Waals surface area contributed by atoms with Crippen LogP contribution in [0.2, 0.25) is 5.02 Å². The Labute approximate surface area is 125 Å². The van der Waals surface area contributed by atoms with Crippen molar-refractivity contribution in [1.82, 2.24) is 10.6 Å². The van der Waals surface area contributed by atoms with E-state index in [0.717, 1.165) is 42.9 Å². The van der Waals surface area contributed by atoms with E-state index in [0.29, 0.717) is 5.92 Å². The highest BCUT2D eigenvalue weighted by atomic mass is 35.5. The minimum absolute atomic E-state index is 0.181. The summed E-state index contributed by atoms with van der Waals surface area (Å²) >= 11 is 5.93. The molecule has 3 rings (SSSR count). The van der Waals surface area contributed by atoms with Crippen LogP contribution in [0.1, 0.15) is 31.7 Å². The first-order chi connectivity index (χ1) is 9.62. The van der Waals surface area contributed by atoms with Crippen molar-refractivity contribution in [3.63, 3.8) is 0 Å². The average Bonchev–Trinajstić information content (AvgIpc) is 3.24. The third-order valence-electron chi connectivity index (χ3n) is 4.73. The number of hydrogen-bond acceptors (Lipinski definition) is 2. The molecule has 3 nitrogen and oxygen atoms in total. The molecule has 0 radical (unpaired) electrons. The maximum atomic E-state index is 12.7. The third kappa shape index (κ3) is 2.57. The lowest BCUT2D eigenvalue weighted by atomic mass is 9.91. The van der Waals surface area contributed by atoms with Gasteiger partial charge in [0.05, 0.1) is 5.41 Å². The fraction of sp³-hybridized carbons (Fsp3) is 0.562. The predicted octanol–water partition coefficient (Wildman–Crippen LogP) is 2.49. The Kier molecular flexibility index (Phi) is 3.74. The van der Waals surface area contributed by atoms with Crippen molar-refractivity contribution in [2.24, 2.45) is 5.92 Å². The molecule has 4 heteroatoms. The molecule has 1 saturated heterocycles. The smallest absolute Gasteiger partial charge is 0.230 e. The van der Waals surface area contributed by atoms with E-state index in [1.54, 1.807) is 0 Å². The Morgan fingerprint density at radius 2 is 2.05 bits per heavy atom. The molecular formula is C16H21ClN2O. The number of carbonyl (C=O) groups is 1. The first-order valence-corrected chi connectivity index (χ1v) is 7.77. The summed E-state index contributed by atoms with van der Waals surface area (Å²) < 4.78 is 0. The van der Waals surface area contributed by atoms with Gasteiger partial charge in [-0.3, -0.25) is 4.79 Å². The summed E-state index contributed by atoms with van der Waals surface area (Å²) in [5.74, 6) is 0.724. The molecule has 2 N–H and O–H groups in total. The SMILES string of the molecule is CC1CCNCC1NC(=O)C1(c2ccc(Cl)cc2)CC1. The van der Waals surface area contributed by atoms with Crippen LogP contribution in [-0.2, 0) is 10.2 Å². The summed E-state index contributed by atoms with van der Waals surface area (Å²) in [6, 6.07) is 7.96. The molecule has 20 heavy (non-hydrogen) atoms. The van der Waals surface area contributed by atoms with Gasteiger partial charge in [0.2, 0.25) is 5.91 Å². The van der Waals surface area contributed by atoms with Crippen molar-refractivity contribution in [3.8, 4) is 0 Å². The zero-order valence-electron chi connectivity index (χ0n) is 11.8. The van der Waals surface area contributed by atoms with E-state index in [1.807, 2.05) is 24.3 Å². The van der Waals surface area contributed by atoms with E-state index in [2.05, 4.69) is 17.6 Å². The van der Waals surface area contributed by atoms with Crippen LogP contribution < -0.4 is 10.6 Å². The highest BCUT2D eigenvalue weighted by Crippen LogP contribution is 2.48. The van der Waals surface area contributed by atoms with E-state index in [1.165, 1.54) is 0 Å². The van der Waals surface area contributed by atoms with Gasteiger partial charge in [0.1, 0.15) is 0 Å². The van der Waals surface area contributed by atoms with Crippen molar-refractivity contribution in [3.05, 3.63) is 34.9 Å². The minimum atomic E-state index is -0.304. The largest absolute Gasteiger partial charge is 0.351 e. The fourth-order valence-corrected chi connectivity index (χ4v) is 3.16. The van der Waals surface area contributed by atoms with Gasteiger partial charge in [0, 0.05) is 17.6 Å².